The third-order valence-electron chi connectivity index (χ3n) is 2.91. The highest BCUT2D eigenvalue weighted by molar-refractivity contribution is 5.66. The minimum atomic E-state index is -0.454. The lowest BCUT2D eigenvalue weighted by Crippen LogP contribution is -2.43. The molecule has 1 aromatic carbocycles. The molecule has 2 N–H and O–H groups in total. The quantitative estimate of drug-likeness (QED) is 0.477. The first-order valence-corrected chi connectivity index (χ1v) is 5.48. The second kappa shape index (κ2) is 4.58. The molecule has 6 heteroatoms. The number of rotatable bonds is 2. The summed E-state index contributed by atoms with van der Waals surface area (Å²) in [6.45, 7) is 4.05. The van der Waals surface area contributed by atoms with Gasteiger partial charge in [-0.1, -0.05) is 0 Å². The zero-order chi connectivity index (χ0) is 12.4. The Hall–Kier alpha value is -1.82. The molecule has 0 spiro atoms. The lowest BCUT2D eigenvalue weighted by Gasteiger charge is -2.35. The molecule has 17 heavy (non-hydrogen) atoms. The van der Waals surface area contributed by atoms with E-state index in [1.807, 2.05) is 13.0 Å². The van der Waals surface area contributed by atoms with Crippen LogP contribution < -0.4 is 10.6 Å². The molecule has 0 aromatic heterocycles. The summed E-state index contributed by atoms with van der Waals surface area (Å²) in [6, 6.07) is 5.13. The number of hydrogen-bond donors (Lipinski definition) is 1. The summed E-state index contributed by atoms with van der Waals surface area (Å²) >= 11 is 0. The fourth-order valence-electron chi connectivity index (χ4n) is 1.98. The molecule has 2 rings (SSSR count). The third kappa shape index (κ3) is 2.31. The van der Waals surface area contributed by atoms with Gasteiger partial charge in [0, 0.05) is 24.3 Å². The molecule has 0 bridgehead atoms. The summed E-state index contributed by atoms with van der Waals surface area (Å²) in [5, 5.41) is 10.8. The van der Waals surface area contributed by atoms with E-state index in [-0.39, 0.29) is 17.4 Å². The van der Waals surface area contributed by atoms with Crippen LogP contribution >= 0.6 is 0 Å². The van der Waals surface area contributed by atoms with E-state index in [4.69, 9.17) is 10.5 Å². The van der Waals surface area contributed by atoms with Crippen molar-refractivity contribution in [1.29, 1.82) is 0 Å². The van der Waals surface area contributed by atoms with Crippen LogP contribution in [0.2, 0.25) is 0 Å². The van der Waals surface area contributed by atoms with Gasteiger partial charge >= 0.3 is 0 Å². The van der Waals surface area contributed by atoms with Crippen molar-refractivity contribution < 1.29 is 9.66 Å². The molecule has 1 saturated heterocycles. The zero-order valence-corrected chi connectivity index (χ0v) is 9.63. The standard InChI is InChI=1S/C11H15N3O3/c1-8-7-17-5-4-13(8)9-2-3-10(12)11(6-9)14(15)16/h2-3,6,8H,4-5,7,12H2,1H3. The van der Waals surface area contributed by atoms with Crippen molar-refractivity contribution in [2.75, 3.05) is 30.4 Å². The molecular formula is C11H15N3O3. The second-order valence-corrected chi connectivity index (χ2v) is 4.12. The van der Waals surface area contributed by atoms with Crippen molar-refractivity contribution in [1.82, 2.24) is 0 Å². The van der Waals surface area contributed by atoms with Gasteiger partial charge in [0.1, 0.15) is 5.69 Å². The monoisotopic (exact) mass is 237 g/mol. The van der Waals surface area contributed by atoms with Gasteiger partial charge in [-0.15, -0.1) is 0 Å². The number of nitrogens with two attached hydrogens (primary N) is 1. The Labute approximate surface area is 99.1 Å². The Morgan fingerprint density at radius 1 is 1.59 bits per heavy atom. The van der Waals surface area contributed by atoms with Crippen molar-refractivity contribution in [3.05, 3.63) is 28.3 Å². The summed E-state index contributed by atoms with van der Waals surface area (Å²) in [6.07, 6.45) is 0. The summed E-state index contributed by atoms with van der Waals surface area (Å²) in [5.74, 6) is 0. The highest BCUT2D eigenvalue weighted by Crippen LogP contribution is 2.29. The van der Waals surface area contributed by atoms with E-state index in [1.54, 1.807) is 6.07 Å². The normalized spacial score (nSPS) is 20.3. The van der Waals surface area contributed by atoms with Crippen LogP contribution in [0.25, 0.3) is 0 Å². The van der Waals surface area contributed by atoms with Crippen LogP contribution in [0.5, 0.6) is 0 Å². The average Bonchev–Trinajstić information content (AvgIpc) is 2.30. The molecule has 1 fully saturated rings. The first kappa shape index (κ1) is 11.7. The number of ether oxygens (including phenoxy) is 1. The molecule has 1 aliphatic rings. The van der Waals surface area contributed by atoms with Crippen LogP contribution in [-0.2, 0) is 4.74 Å². The molecule has 0 amide bonds. The number of nitrogen functional groups attached to an aromatic ring is 1. The molecule has 0 saturated carbocycles. The molecule has 1 heterocycles. The average molecular weight is 237 g/mol. The summed E-state index contributed by atoms with van der Waals surface area (Å²) in [5.41, 5.74) is 6.54. The summed E-state index contributed by atoms with van der Waals surface area (Å²) in [7, 11) is 0. The predicted octanol–water partition coefficient (Wildman–Crippen LogP) is 1.40. The van der Waals surface area contributed by atoms with Crippen LogP contribution in [0.3, 0.4) is 0 Å². The Bertz CT molecular complexity index is 436. The molecule has 92 valence electrons. The van der Waals surface area contributed by atoms with Crippen LogP contribution in [0, 0.1) is 10.1 Å². The fourth-order valence-corrected chi connectivity index (χ4v) is 1.98. The maximum absolute atomic E-state index is 10.8. The van der Waals surface area contributed by atoms with Gasteiger partial charge in [-0.05, 0) is 19.1 Å². The van der Waals surface area contributed by atoms with Crippen molar-refractivity contribution >= 4 is 17.1 Å². The van der Waals surface area contributed by atoms with Crippen LogP contribution in [0.1, 0.15) is 6.92 Å². The van der Waals surface area contributed by atoms with Crippen molar-refractivity contribution in [3.8, 4) is 0 Å². The highest BCUT2D eigenvalue weighted by atomic mass is 16.6. The summed E-state index contributed by atoms with van der Waals surface area (Å²) in [4.78, 5) is 12.5. The number of nitro benzene ring substituents is 1. The Morgan fingerprint density at radius 3 is 3.00 bits per heavy atom. The van der Waals surface area contributed by atoms with Gasteiger partial charge in [-0.25, -0.2) is 0 Å². The largest absolute Gasteiger partial charge is 0.393 e. The maximum atomic E-state index is 10.8. The van der Waals surface area contributed by atoms with E-state index in [1.165, 1.54) is 6.07 Å². The topological polar surface area (TPSA) is 81.6 Å². The fraction of sp³-hybridized carbons (Fsp3) is 0.455. The number of hydrogen-bond acceptors (Lipinski definition) is 5. The van der Waals surface area contributed by atoms with Crippen molar-refractivity contribution in [2.24, 2.45) is 0 Å². The van der Waals surface area contributed by atoms with Gasteiger partial charge in [0.25, 0.3) is 5.69 Å². The number of nitrogens with zero attached hydrogens (tertiary/aromatic N) is 2. The Balaban J connectivity index is 2.32. The highest BCUT2D eigenvalue weighted by Gasteiger charge is 2.21. The molecule has 1 atom stereocenters. The van der Waals surface area contributed by atoms with Crippen molar-refractivity contribution in [2.45, 2.75) is 13.0 Å². The van der Waals surface area contributed by atoms with Crippen LogP contribution in [0.15, 0.2) is 18.2 Å². The molecule has 0 radical (unpaired) electrons. The number of morpholine rings is 1. The van der Waals surface area contributed by atoms with Gasteiger partial charge in [0.2, 0.25) is 0 Å². The van der Waals surface area contributed by atoms with Gasteiger partial charge < -0.3 is 15.4 Å². The predicted molar refractivity (Wildman–Crippen MR) is 65.1 cm³/mol. The maximum Gasteiger partial charge on any atom is 0.294 e. The Morgan fingerprint density at radius 2 is 2.35 bits per heavy atom. The van der Waals surface area contributed by atoms with E-state index in [2.05, 4.69) is 4.90 Å². The smallest absolute Gasteiger partial charge is 0.294 e. The van der Waals surface area contributed by atoms with Crippen molar-refractivity contribution in [3.63, 3.8) is 0 Å². The van der Waals surface area contributed by atoms with Gasteiger partial charge in [-0.3, -0.25) is 10.1 Å². The number of anilines is 2. The minimum absolute atomic E-state index is 0.0406. The SMILES string of the molecule is CC1COCCN1c1ccc(N)c([N+](=O)[O-])c1. The van der Waals surface area contributed by atoms with E-state index in [0.29, 0.717) is 13.2 Å². The van der Waals surface area contributed by atoms with Gasteiger partial charge in [0.05, 0.1) is 18.1 Å². The first-order valence-electron chi connectivity index (χ1n) is 5.48. The second-order valence-electron chi connectivity index (χ2n) is 4.12. The number of nitro groups is 1. The third-order valence-corrected chi connectivity index (χ3v) is 2.91. The first-order chi connectivity index (χ1) is 8.09. The molecular weight excluding hydrogens is 222 g/mol. The van der Waals surface area contributed by atoms with E-state index >= 15 is 0 Å². The van der Waals surface area contributed by atoms with Gasteiger partial charge in [0.15, 0.2) is 0 Å². The zero-order valence-electron chi connectivity index (χ0n) is 9.63. The summed E-state index contributed by atoms with van der Waals surface area (Å²) < 4.78 is 5.33. The van der Waals surface area contributed by atoms with E-state index < -0.39 is 4.92 Å². The lowest BCUT2D eigenvalue weighted by molar-refractivity contribution is -0.383. The van der Waals surface area contributed by atoms with E-state index in [9.17, 15) is 10.1 Å². The molecule has 1 aromatic rings. The molecule has 1 aliphatic heterocycles. The Kier molecular flexibility index (Phi) is 3.14. The minimum Gasteiger partial charge on any atom is -0.393 e. The molecule has 1 unspecified atom stereocenters. The van der Waals surface area contributed by atoms with E-state index in [0.717, 1.165) is 12.2 Å². The molecule has 0 aliphatic carbocycles. The van der Waals surface area contributed by atoms with Gasteiger partial charge in [-0.2, -0.15) is 0 Å². The molecule has 6 nitrogen and oxygen atoms in total. The van der Waals surface area contributed by atoms with Crippen LogP contribution in [-0.4, -0.2) is 30.7 Å². The lowest BCUT2D eigenvalue weighted by atomic mass is 10.2. The number of benzene rings is 1. The van der Waals surface area contributed by atoms with Crippen LogP contribution in [0.4, 0.5) is 17.1 Å².